The Morgan fingerprint density at radius 1 is 1.22 bits per heavy atom. The largest absolute Gasteiger partial charge is 0.480 e. The molecule has 1 fully saturated rings. The van der Waals surface area contributed by atoms with Crippen LogP contribution in [-0.4, -0.2) is 35.7 Å². The van der Waals surface area contributed by atoms with Gasteiger partial charge in [0.2, 0.25) is 5.91 Å². The second-order valence-electron chi connectivity index (χ2n) is 5.65. The number of aryl methyl sites for hydroxylation is 1. The standard InChI is InChI=1S/C16H19F2NO4/c17-12-5-4-11(10-13(12)18)2-1-3-14(20)19-16(15(21)22)6-8-23-9-7-16/h4-5,10H,1-3,6-9H2,(H,19,20)(H,21,22). The van der Waals surface area contributed by atoms with Crippen molar-refractivity contribution in [2.24, 2.45) is 0 Å². The van der Waals surface area contributed by atoms with Crippen LogP contribution in [0.2, 0.25) is 0 Å². The number of ether oxygens (including phenoxy) is 1. The van der Waals surface area contributed by atoms with E-state index in [1.807, 2.05) is 0 Å². The first-order chi connectivity index (χ1) is 10.9. The highest BCUT2D eigenvalue weighted by Crippen LogP contribution is 2.21. The Morgan fingerprint density at radius 3 is 2.52 bits per heavy atom. The number of hydrogen-bond acceptors (Lipinski definition) is 3. The molecule has 7 heteroatoms. The van der Waals surface area contributed by atoms with Gasteiger partial charge < -0.3 is 15.2 Å². The van der Waals surface area contributed by atoms with Crippen molar-refractivity contribution < 1.29 is 28.2 Å². The highest BCUT2D eigenvalue weighted by atomic mass is 19.2. The molecule has 0 unspecified atom stereocenters. The molecule has 1 heterocycles. The number of aliphatic carboxylic acids is 1. The normalized spacial score (nSPS) is 16.8. The van der Waals surface area contributed by atoms with Gasteiger partial charge in [-0.05, 0) is 30.5 Å². The summed E-state index contributed by atoms with van der Waals surface area (Å²) in [5, 5.41) is 11.9. The van der Waals surface area contributed by atoms with E-state index in [0.717, 1.165) is 12.1 Å². The summed E-state index contributed by atoms with van der Waals surface area (Å²) in [7, 11) is 0. The fraction of sp³-hybridized carbons (Fsp3) is 0.500. The maximum atomic E-state index is 13.1. The van der Waals surface area contributed by atoms with Gasteiger partial charge in [-0.2, -0.15) is 0 Å². The number of carboxylic acids is 1. The van der Waals surface area contributed by atoms with E-state index in [4.69, 9.17) is 4.74 Å². The monoisotopic (exact) mass is 327 g/mol. The summed E-state index contributed by atoms with van der Waals surface area (Å²) in [5.74, 6) is -3.25. The van der Waals surface area contributed by atoms with Gasteiger partial charge in [-0.15, -0.1) is 0 Å². The molecule has 23 heavy (non-hydrogen) atoms. The Morgan fingerprint density at radius 2 is 1.91 bits per heavy atom. The quantitative estimate of drug-likeness (QED) is 0.838. The van der Waals surface area contributed by atoms with Gasteiger partial charge in [0, 0.05) is 32.5 Å². The van der Waals surface area contributed by atoms with Crippen molar-refractivity contribution in [3.8, 4) is 0 Å². The van der Waals surface area contributed by atoms with Crippen molar-refractivity contribution in [1.82, 2.24) is 5.32 Å². The lowest BCUT2D eigenvalue weighted by molar-refractivity contribution is -0.152. The zero-order chi connectivity index (χ0) is 16.9. The number of amides is 1. The van der Waals surface area contributed by atoms with Crippen molar-refractivity contribution >= 4 is 11.9 Å². The predicted octanol–water partition coefficient (Wildman–Crippen LogP) is 2.04. The molecule has 5 nitrogen and oxygen atoms in total. The lowest BCUT2D eigenvalue weighted by Crippen LogP contribution is -2.57. The second-order valence-corrected chi connectivity index (χ2v) is 5.65. The van der Waals surface area contributed by atoms with Gasteiger partial charge in [-0.1, -0.05) is 6.07 Å². The number of halogens is 2. The third-order valence-electron chi connectivity index (χ3n) is 3.99. The molecule has 1 aliphatic heterocycles. The van der Waals surface area contributed by atoms with E-state index in [-0.39, 0.29) is 25.2 Å². The topological polar surface area (TPSA) is 75.6 Å². The Bertz CT molecular complexity index is 585. The average Bonchev–Trinajstić information content (AvgIpc) is 2.51. The molecule has 0 aliphatic carbocycles. The number of carbonyl (C=O) groups is 2. The molecule has 0 atom stereocenters. The highest BCUT2D eigenvalue weighted by molar-refractivity contribution is 5.87. The van der Waals surface area contributed by atoms with Crippen LogP contribution in [0.5, 0.6) is 0 Å². The third kappa shape index (κ3) is 4.48. The minimum absolute atomic E-state index is 0.120. The van der Waals surface area contributed by atoms with Gasteiger partial charge in [-0.25, -0.2) is 13.6 Å². The zero-order valence-corrected chi connectivity index (χ0v) is 12.6. The second kappa shape index (κ2) is 7.50. The smallest absolute Gasteiger partial charge is 0.329 e. The van der Waals surface area contributed by atoms with Crippen molar-refractivity contribution in [2.75, 3.05) is 13.2 Å². The molecular formula is C16H19F2NO4. The van der Waals surface area contributed by atoms with Gasteiger partial charge >= 0.3 is 5.97 Å². The summed E-state index contributed by atoms with van der Waals surface area (Å²) in [6, 6.07) is 3.62. The van der Waals surface area contributed by atoms with E-state index < -0.39 is 23.1 Å². The van der Waals surface area contributed by atoms with Crippen LogP contribution in [0.4, 0.5) is 8.78 Å². The summed E-state index contributed by atoms with van der Waals surface area (Å²) >= 11 is 0. The Hall–Kier alpha value is -2.02. The van der Waals surface area contributed by atoms with Gasteiger partial charge in [0.1, 0.15) is 5.54 Å². The summed E-state index contributed by atoms with van der Waals surface area (Å²) in [4.78, 5) is 23.4. The lowest BCUT2D eigenvalue weighted by Gasteiger charge is -2.33. The number of carbonyl (C=O) groups excluding carboxylic acids is 1. The molecule has 1 aromatic rings. The Kier molecular flexibility index (Phi) is 5.65. The van der Waals surface area contributed by atoms with Crippen molar-refractivity contribution in [3.05, 3.63) is 35.4 Å². The molecule has 0 bridgehead atoms. The third-order valence-corrected chi connectivity index (χ3v) is 3.99. The number of nitrogens with one attached hydrogen (secondary N) is 1. The predicted molar refractivity (Wildman–Crippen MR) is 77.9 cm³/mol. The maximum absolute atomic E-state index is 13.1. The van der Waals surface area contributed by atoms with E-state index in [1.165, 1.54) is 6.07 Å². The average molecular weight is 327 g/mol. The fourth-order valence-electron chi connectivity index (χ4n) is 2.59. The van der Waals surface area contributed by atoms with Crippen LogP contribution in [0, 0.1) is 11.6 Å². The number of benzene rings is 1. The summed E-state index contributed by atoms with van der Waals surface area (Å²) in [6.07, 6.45) is 1.42. The molecule has 1 saturated heterocycles. The number of carboxylic acid groups (broad SMARTS) is 1. The first kappa shape index (κ1) is 17.3. The number of hydrogen-bond donors (Lipinski definition) is 2. The summed E-state index contributed by atoms with van der Waals surface area (Å²) in [5.41, 5.74) is -0.673. The van der Waals surface area contributed by atoms with Crippen molar-refractivity contribution in [1.29, 1.82) is 0 Å². The molecule has 1 aromatic carbocycles. The SMILES string of the molecule is O=C(CCCc1ccc(F)c(F)c1)NC1(C(=O)O)CCOCC1. The minimum atomic E-state index is -1.27. The van der Waals surface area contributed by atoms with Gasteiger partial charge in [0.25, 0.3) is 0 Å². The van der Waals surface area contributed by atoms with Crippen LogP contribution in [0.1, 0.15) is 31.2 Å². The lowest BCUT2D eigenvalue weighted by atomic mass is 9.90. The van der Waals surface area contributed by atoms with E-state index in [2.05, 4.69) is 5.32 Å². The molecule has 2 N–H and O–H groups in total. The van der Waals surface area contributed by atoms with Crippen LogP contribution in [-0.2, 0) is 20.7 Å². The van der Waals surface area contributed by atoms with Gasteiger partial charge in [-0.3, -0.25) is 4.79 Å². The van der Waals surface area contributed by atoms with Crippen LogP contribution >= 0.6 is 0 Å². The van der Waals surface area contributed by atoms with Crippen LogP contribution < -0.4 is 5.32 Å². The minimum Gasteiger partial charge on any atom is -0.480 e. The summed E-state index contributed by atoms with van der Waals surface area (Å²) < 4.78 is 31.0. The van der Waals surface area contributed by atoms with E-state index in [9.17, 15) is 23.5 Å². The van der Waals surface area contributed by atoms with E-state index in [0.29, 0.717) is 31.6 Å². The first-order valence-corrected chi connectivity index (χ1v) is 7.49. The molecule has 126 valence electrons. The van der Waals surface area contributed by atoms with Crippen molar-refractivity contribution in [2.45, 2.75) is 37.6 Å². The van der Waals surface area contributed by atoms with Gasteiger partial charge in [0.05, 0.1) is 0 Å². The molecule has 1 aliphatic rings. The molecule has 1 amide bonds. The van der Waals surface area contributed by atoms with Crippen LogP contribution in [0.25, 0.3) is 0 Å². The Labute approximate surface area is 132 Å². The van der Waals surface area contributed by atoms with Crippen LogP contribution in [0.3, 0.4) is 0 Å². The molecule has 0 aromatic heterocycles. The fourth-order valence-corrected chi connectivity index (χ4v) is 2.59. The zero-order valence-electron chi connectivity index (χ0n) is 12.6. The maximum Gasteiger partial charge on any atom is 0.329 e. The molecule has 0 spiro atoms. The molecular weight excluding hydrogens is 308 g/mol. The van der Waals surface area contributed by atoms with Crippen molar-refractivity contribution in [3.63, 3.8) is 0 Å². The van der Waals surface area contributed by atoms with E-state index in [1.54, 1.807) is 0 Å². The van der Waals surface area contributed by atoms with E-state index >= 15 is 0 Å². The highest BCUT2D eigenvalue weighted by Gasteiger charge is 2.41. The first-order valence-electron chi connectivity index (χ1n) is 7.49. The summed E-state index contributed by atoms with van der Waals surface area (Å²) in [6.45, 7) is 0.586. The molecule has 0 radical (unpaired) electrons. The van der Waals surface area contributed by atoms with Gasteiger partial charge in [0.15, 0.2) is 11.6 Å². The molecule has 0 saturated carbocycles. The molecule has 2 rings (SSSR count). The number of rotatable bonds is 6. The van der Waals surface area contributed by atoms with Crippen LogP contribution in [0.15, 0.2) is 18.2 Å². The Balaban J connectivity index is 1.84.